The number of nitrogens with zero attached hydrogens (tertiary/aromatic N) is 1. The lowest BCUT2D eigenvalue weighted by Gasteiger charge is -2.18. The molecule has 1 heterocycles. The van der Waals surface area contributed by atoms with E-state index >= 15 is 0 Å². The second-order valence-corrected chi connectivity index (χ2v) is 9.05. The zero-order chi connectivity index (χ0) is 19.5. The van der Waals surface area contributed by atoms with Crippen molar-refractivity contribution in [3.63, 3.8) is 0 Å². The smallest absolute Gasteiger partial charge is 0.309 e. The Bertz CT molecular complexity index is 790. The van der Waals surface area contributed by atoms with Gasteiger partial charge in [0.1, 0.15) is 0 Å². The highest BCUT2D eigenvalue weighted by Crippen LogP contribution is 2.34. The molecule has 0 N–H and O–H groups in total. The number of hydrogen-bond donors (Lipinski definition) is 0. The van der Waals surface area contributed by atoms with Crippen molar-refractivity contribution in [2.75, 3.05) is 12.9 Å². The van der Waals surface area contributed by atoms with E-state index < -0.39 is 15.4 Å². The van der Waals surface area contributed by atoms with Gasteiger partial charge in [0, 0.05) is 6.04 Å². The molecular formula is C17H23NO6S2. The first-order valence-corrected chi connectivity index (χ1v) is 10.8. The van der Waals surface area contributed by atoms with E-state index in [1.54, 1.807) is 39.0 Å². The summed E-state index contributed by atoms with van der Waals surface area (Å²) < 4.78 is 34.2. The van der Waals surface area contributed by atoms with Gasteiger partial charge in [0.15, 0.2) is 11.5 Å². The number of ether oxygens (including phenoxy) is 1. The van der Waals surface area contributed by atoms with Gasteiger partial charge in [0.05, 0.1) is 18.1 Å². The number of hydrogen-bond acceptors (Lipinski definition) is 7. The SMILES string of the molecule is CCCS(=O)(=O)Oc1cc(CC2SC(=O)N(C(C)C)C2=O)ccc1OC. The minimum atomic E-state index is -3.72. The van der Waals surface area contributed by atoms with Crippen LogP contribution in [0.5, 0.6) is 11.5 Å². The van der Waals surface area contributed by atoms with Crippen LogP contribution < -0.4 is 8.92 Å². The van der Waals surface area contributed by atoms with Crippen LogP contribution in [0.4, 0.5) is 4.79 Å². The summed E-state index contributed by atoms with van der Waals surface area (Å²) in [4.78, 5) is 25.7. The van der Waals surface area contributed by atoms with Crippen molar-refractivity contribution < 1.29 is 26.9 Å². The third kappa shape index (κ3) is 4.70. The molecule has 0 bridgehead atoms. The first-order valence-electron chi connectivity index (χ1n) is 8.31. The van der Waals surface area contributed by atoms with Crippen LogP contribution in [0.25, 0.3) is 0 Å². The number of amides is 2. The molecule has 1 aromatic carbocycles. The maximum atomic E-state index is 12.4. The van der Waals surface area contributed by atoms with Gasteiger partial charge in [-0.25, -0.2) is 0 Å². The monoisotopic (exact) mass is 401 g/mol. The van der Waals surface area contributed by atoms with E-state index in [4.69, 9.17) is 8.92 Å². The summed E-state index contributed by atoms with van der Waals surface area (Å²) in [5, 5.41) is -0.788. The minimum Gasteiger partial charge on any atom is -0.493 e. The normalized spacial score (nSPS) is 17.9. The summed E-state index contributed by atoms with van der Waals surface area (Å²) in [5.41, 5.74) is 0.691. The number of methoxy groups -OCH3 is 1. The second-order valence-electron chi connectivity index (χ2n) is 6.21. The van der Waals surface area contributed by atoms with Crippen molar-refractivity contribution >= 4 is 33.0 Å². The second kappa shape index (κ2) is 8.30. The molecule has 26 heavy (non-hydrogen) atoms. The van der Waals surface area contributed by atoms with Crippen molar-refractivity contribution in [1.29, 1.82) is 0 Å². The Morgan fingerprint density at radius 1 is 1.23 bits per heavy atom. The third-order valence-electron chi connectivity index (χ3n) is 3.79. The maximum absolute atomic E-state index is 12.4. The Hall–Kier alpha value is -1.74. The van der Waals surface area contributed by atoms with Crippen LogP contribution in [-0.4, -0.2) is 48.6 Å². The Morgan fingerprint density at radius 2 is 1.92 bits per heavy atom. The lowest BCUT2D eigenvalue weighted by atomic mass is 10.1. The standard InChI is InChI=1S/C17H23NO6S2/c1-5-8-26(21,22)24-14-9-12(6-7-13(14)23-4)10-15-16(19)18(11(2)3)17(20)25-15/h6-7,9,11,15H,5,8,10H2,1-4H3. The zero-order valence-corrected chi connectivity index (χ0v) is 16.9. The number of benzene rings is 1. The molecule has 0 aromatic heterocycles. The maximum Gasteiger partial charge on any atom is 0.309 e. The molecule has 1 unspecified atom stereocenters. The van der Waals surface area contributed by atoms with E-state index in [9.17, 15) is 18.0 Å². The van der Waals surface area contributed by atoms with Gasteiger partial charge in [0.25, 0.3) is 5.24 Å². The van der Waals surface area contributed by atoms with Gasteiger partial charge in [-0.1, -0.05) is 24.8 Å². The summed E-state index contributed by atoms with van der Waals surface area (Å²) in [5.74, 6) is 0.0430. The van der Waals surface area contributed by atoms with E-state index in [0.717, 1.165) is 11.8 Å². The Kier molecular flexibility index (Phi) is 6.57. The van der Waals surface area contributed by atoms with Crippen LogP contribution in [0.15, 0.2) is 18.2 Å². The Morgan fingerprint density at radius 3 is 2.46 bits per heavy atom. The summed E-state index contributed by atoms with van der Waals surface area (Å²) in [6, 6.07) is 4.68. The lowest BCUT2D eigenvalue weighted by Crippen LogP contribution is -2.37. The van der Waals surface area contributed by atoms with Crippen molar-refractivity contribution in [2.24, 2.45) is 0 Å². The number of thioether (sulfide) groups is 1. The summed E-state index contributed by atoms with van der Waals surface area (Å²) in [6.45, 7) is 5.32. The minimum absolute atomic E-state index is 0.0842. The zero-order valence-electron chi connectivity index (χ0n) is 15.2. The molecule has 2 amide bonds. The molecule has 1 aromatic rings. The molecule has 0 aliphatic carbocycles. The Balaban J connectivity index is 2.22. The fourth-order valence-electron chi connectivity index (χ4n) is 2.62. The van der Waals surface area contributed by atoms with Crippen molar-refractivity contribution in [3.05, 3.63) is 23.8 Å². The molecule has 2 rings (SSSR count). The first-order chi connectivity index (χ1) is 12.2. The van der Waals surface area contributed by atoms with Gasteiger partial charge in [-0.15, -0.1) is 0 Å². The van der Waals surface area contributed by atoms with E-state index in [-0.39, 0.29) is 28.7 Å². The highest BCUT2D eigenvalue weighted by Gasteiger charge is 2.40. The summed E-state index contributed by atoms with van der Waals surface area (Å²) >= 11 is 0.989. The molecule has 0 saturated carbocycles. The fraction of sp³-hybridized carbons (Fsp3) is 0.529. The molecule has 0 spiro atoms. The first kappa shape index (κ1) is 20.6. The molecule has 9 heteroatoms. The predicted molar refractivity (Wildman–Crippen MR) is 100 cm³/mol. The largest absolute Gasteiger partial charge is 0.493 e. The average Bonchev–Trinajstić information content (AvgIpc) is 2.81. The third-order valence-corrected chi connectivity index (χ3v) is 6.18. The van der Waals surface area contributed by atoms with Crippen molar-refractivity contribution in [3.8, 4) is 11.5 Å². The van der Waals surface area contributed by atoms with E-state index in [1.807, 2.05) is 0 Å². The van der Waals surface area contributed by atoms with Gasteiger partial charge in [-0.3, -0.25) is 14.5 Å². The van der Waals surface area contributed by atoms with Crippen LogP contribution in [-0.2, 0) is 21.3 Å². The molecule has 1 aliphatic rings. The molecule has 1 aliphatic heterocycles. The number of carbonyl (C=O) groups excluding carboxylic acids is 2. The van der Waals surface area contributed by atoms with Crippen LogP contribution in [0.3, 0.4) is 0 Å². The van der Waals surface area contributed by atoms with Crippen molar-refractivity contribution in [1.82, 2.24) is 4.90 Å². The van der Waals surface area contributed by atoms with Crippen LogP contribution in [0.1, 0.15) is 32.8 Å². The van der Waals surface area contributed by atoms with Crippen LogP contribution in [0.2, 0.25) is 0 Å². The van der Waals surface area contributed by atoms with Crippen molar-refractivity contribution in [2.45, 2.75) is 44.9 Å². The highest BCUT2D eigenvalue weighted by atomic mass is 32.2. The van der Waals surface area contributed by atoms with Gasteiger partial charge in [0.2, 0.25) is 5.91 Å². The van der Waals surface area contributed by atoms with Gasteiger partial charge in [-0.05, 0) is 44.4 Å². The lowest BCUT2D eigenvalue weighted by molar-refractivity contribution is -0.127. The molecular weight excluding hydrogens is 378 g/mol. The molecule has 1 atom stereocenters. The molecule has 1 fully saturated rings. The van der Waals surface area contributed by atoms with Gasteiger partial charge >= 0.3 is 10.1 Å². The fourth-order valence-corrected chi connectivity index (χ4v) is 4.76. The number of carbonyl (C=O) groups is 2. The summed E-state index contributed by atoms with van der Waals surface area (Å²) in [7, 11) is -2.29. The number of rotatable bonds is 8. The molecule has 0 radical (unpaired) electrons. The Labute approximate surface area is 158 Å². The average molecular weight is 402 g/mol. The molecule has 7 nitrogen and oxygen atoms in total. The quantitative estimate of drug-likeness (QED) is 0.619. The van der Waals surface area contributed by atoms with E-state index in [1.165, 1.54) is 12.0 Å². The van der Waals surface area contributed by atoms with Crippen LogP contribution >= 0.6 is 11.8 Å². The van der Waals surface area contributed by atoms with Crippen LogP contribution in [0, 0.1) is 0 Å². The summed E-state index contributed by atoms with van der Waals surface area (Å²) in [6.07, 6.45) is 0.733. The van der Waals surface area contributed by atoms with Gasteiger partial charge in [-0.2, -0.15) is 8.42 Å². The van der Waals surface area contributed by atoms with E-state index in [0.29, 0.717) is 24.2 Å². The van der Waals surface area contributed by atoms with E-state index in [2.05, 4.69) is 0 Å². The predicted octanol–water partition coefficient (Wildman–Crippen LogP) is 2.83. The highest BCUT2D eigenvalue weighted by molar-refractivity contribution is 8.15. The van der Waals surface area contributed by atoms with Gasteiger partial charge < -0.3 is 8.92 Å². The topological polar surface area (TPSA) is 90.0 Å². The number of imide groups is 1. The molecule has 1 saturated heterocycles. The molecule has 144 valence electrons.